The van der Waals surface area contributed by atoms with Gasteiger partial charge >= 0.3 is 31.4 Å². The maximum atomic E-state index is 15.4. The maximum absolute atomic E-state index is 15.4. The molecule has 5 aromatic rings. The number of pyridine rings is 1. The number of ether oxygens (including phenoxy) is 5. The van der Waals surface area contributed by atoms with Crippen LogP contribution in [-0.4, -0.2) is 76.7 Å². The Morgan fingerprint density at radius 3 is 2.53 bits per heavy atom. The molecule has 21 heteroatoms. The molecule has 3 N–H and O–H groups in total. The number of fused-ring (bicyclic) bond motifs is 1. The van der Waals surface area contributed by atoms with E-state index in [1.165, 1.54) is 45.7 Å². The number of rotatable bonds is 16. The van der Waals surface area contributed by atoms with Crippen LogP contribution in [0.25, 0.3) is 11.0 Å². The van der Waals surface area contributed by atoms with Gasteiger partial charge in [-0.2, -0.15) is 18.9 Å². The fourth-order valence-corrected chi connectivity index (χ4v) is 6.97. The maximum Gasteiger partial charge on any atom is 0.459 e. The van der Waals surface area contributed by atoms with E-state index >= 15 is 8.78 Å². The summed E-state index contributed by atoms with van der Waals surface area (Å²) in [7, 11) is -1.67. The Balaban J connectivity index is 1.08. The summed E-state index contributed by atoms with van der Waals surface area (Å²) in [6.07, 6.45) is -4.46. The first-order valence-corrected chi connectivity index (χ1v) is 18.5. The number of aromatic nitrogens is 3. The van der Waals surface area contributed by atoms with Crippen molar-refractivity contribution >= 4 is 36.6 Å². The number of benzene rings is 2. The van der Waals surface area contributed by atoms with E-state index in [1.54, 1.807) is 48.5 Å². The number of esters is 1. The van der Waals surface area contributed by atoms with Crippen molar-refractivity contribution < 1.29 is 65.2 Å². The molecule has 0 bridgehead atoms. The first-order valence-electron chi connectivity index (χ1n) is 17.0. The van der Waals surface area contributed by atoms with Crippen molar-refractivity contribution in [1.82, 2.24) is 19.6 Å². The Morgan fingerprint density at radius 2 is 1.82 bits per heavy atom. The summed E-state index contributed by atoms with van der Waals surface area (Å²) in [5.41, 5.74) is -0.212. The van der Waals surface area contributed by atoms with Gasteiger partial charge in [0.15, 0.2) is 24.0 Å². The molecule has 1 amide bonds. The zero-order valence-electron chi connectivity index (χ0n) is 30.4. The van der Waals surface area contributed by atoms with Crippen LogP contribution >= 0.6 is 7.75 Å². The molecule has 5 atom stereocenters. The van der Waals surface area contributed by atoms with E-state index < -0.39 is 62.5 Å². The molecule has 302 valence electrons. The molecule has 4 heterocycles. The van der Waals surface area contributed by atoms with Crippen molar-refractivity contribution in [1.29, 1.82) is 0 Å². The van der Waals surface area contributed by atoms with Crippen molar-refractivity contribution in [3.05, 3.63) is 107 Å². The highest BCUT2D eigenvalue weighted by Crippen LogP contribution is 2.48. The van der Waals surface area contributed by atoms with Gasteiger partial charge in [0.1, 0.15) is 41.8 Å². The summed E-state index contributed by atoms with van der Waals surface area (Å²) in [5.74, 6) is -4.21. The van der Waals surface area contributed by atoms with E-state index in [0.717, 1.165) is 12.3 Å². The second-order valence-electron chi connectivity index (χ2n) is 12.3. The summed E-state index contributed by atoms with van der Waals surface area (Å²) in [4.78, 5) is 45.6. The molecule has 1 saturated heterocycles. The summed E-state index contributed by atoms with van der Waals surface area (Å²) in [6, 6.07) is 16.2. The summed E-state index contributed by atoms with van der Waals surface area (Å²) >= 11 is 0. The third kappa shape index (κ3) is 9.73. The van der Waals surface area contributed by atoms with Crippen molar-refractivity contribution in [3.8, 4) is 17.2 Å². The zero-order chi connectivity index (χ0) is 40.7. The molecule has 57 heavy (non-hydrogen) atoms. The number of anilines is 1. The number of furan rings is 1. The molecule has 1 aliphatic heterocycles. The fraction of sp³-hybridized carbons (Fsp3) is 0.306. The van der Waals surface area contributed by atoms with E-state index in [1.807, 2.05) is 0 Å². The lowest BCUT2D eigenvalue weighted by molar-refractivity contribution is -0.146. The monoisotopic (exact) mass is 815 g/mol. The number of carbonyl (C=O) groups is 2. The molecule has 2 unspecified atom stereocenters. The lowest BCUT2D eigenvalue weighted by Gasteiger charge is -2.24. The minimum absolute atomic E-state index is 0.0688. The first-order chi connectivity index (χ1) is 27.3. The molecular weight excluding hydrogens is 779 g/mol. The van der Waals surface area contributed by atoms with Crippen molar-refractivity contribution in [2.24, 2.45) is 0 Å². The number of hydrogen-bond acceptors (Lipinski definition) is 15. The number of methoxy groups -OCH3 is 2. The predicted molar refractivity (Wildman–Crippen MR) is 194 cm³/mol. The molecule has 18 nitrogen and oxygen atoms in total. The minimum Gasteiger partial charge on any atom is -0.497 e. The third-order valence-electron chi connectivity index (χ3n) is 8.30. The Bertz CT molecular complexity index is 2300. The van der Waals surface area contributed by atoms with Crippen molar-refractivity contribution in [3.63, 3.8) is 0 Å². The van der Waals surface area contributed by atoms with Gasteiger partial charge in [0.2, 0.25) is 6.23 Å². The van der Waals surface area contributed by atoms with Crippen LogP contribution in [0.3, 0.4) is 0 Å². The highest BCUT2D eigenvalue weighted by molar-refractivity contribution is 7.52. The Morgan fingerprint density at radius 1 is 1.04 bits per heavy atom. The van der Waals surface area contributed by atoms with Gasteiger partial charge < -0.3 is 37.7 Å². The zero-order valence-corrected chi connectivity index (χ0v) is 31.3. The van der Waals surface area contributed by atoms with Gasteiger partial charge in [0.25, 0.3) is 0 Å². The molecule has 0 radical (unpaired) electrons. The van der Waals surface area contributed by atoms with Crippen LogP contribution in [0.2, 0.25) is 0 Å². The highest BCUT2D eigenvalue weighted by atomic mass is 31.2. The number of aliphatic hydroxyl groups excluding tert-OH is 1. The number of amides is 1. The largest absolute Gasteiger partial charge is 0.497 e. The first kappa shape index (κ1) is 40.7. The molecule has 3 aromatic heterocycles. The highest BCUT2D eigenvalue weighted by Gasteiger charge is 2.60. The van der Waals surface area contributed by atoms with Crippen LogP contribution in [0.4, 0.5) is 19.4 Å². The number of aliphatic hydroxyl groups is 1. The Kier molecular flexibility index (Phi) is 12.5. The van der Waals surface area contributed by atoms with Gasteiger partial charge in [-0.3, -0.25) is 24.2 Å². The van der Waals surface area contributed by atoms with E-state index in [0.29, 0.717) is 32.6 Å². The van der Waals surface area contributed by atoms with Crippen molar-refractivity contribution in [2.45, 2.75) is 50.5 Å². The van der Waals surface area contributed by atoms with Crippen molar-refractivity contribution in [2.75, 3.05) is 26.1 Å². The quantitative estimate of drug-likeness (QED) is 0.0884. The Hall–Kier alpha value is -5.92. The van der Waals surface area contributed by atoms with Gasteiger partial charge in [-0.05, 0) is 42.8 Å². The molecule has 6 rings (SSSR count). The van der Waals surface area contributed by atoms with E-state index in [9.17, 15) is 24.1 Å². The van der Waals surface area contributed by atoms with Crippen LogP contribution in [0.15, 0.2) is 94.5 Å². The normalized spacial score (nSPS) is 18.9. The van der Waals surface area contributed by atoms with Gasteiger partial charge in [0, 0.05) is 23.8 Å². The van der Waals surface area contributed by atoms with Gasteiger partial charge in [-0.25, -0.2) is 14.2 Å². The third-order valence-corrected chi connectivity index (χ3v) is 9.94. The van der Waals surface area contributed by atoms with E-state index in [2.05, 4.69) is 20.4 Å². The van der Waals surface area contributed by atoms with E-state index in [4.69, 9.17) is 37.1 Å². The number of carbonyl (C=O) groups excluding carboxylic acids is 2. The smallest absolute Gasteiger partial charge is 0.459 e. The fourth-order valence-electron chi connectivity index (χ4n) is 5.48. The number of alkyl halides is 2. The minimum atomic E-state index is -4.61. The number of hydrogen-bond donors (Lipinski definition) is 3. The predicted octanol–water partition coefficient (Wildman–Crippen LogP) is 4.97. The van der Waals surface area contributed by atoms with Gasteiger partial charge in [0.05, 0.1) is 27.0 Å². The lowest BCUT2D eigenvalue weighted by Crippen LogP contribution is -2.42. The van der Waals surface area contributed by atoms with Crippen LogP contribution in [-0.2, 0) is 41.3 Å². The molecule has 0 spiro atoms. The second kappa shape index (κ2) is 17.5. The number of halogens is 2. The van der Waals surface area contributed by atoms with Gasteiger partial charge in [-0.1, -0.05) is 30.3 Å². The van der Waals surface area contributed by atoms with Crippen LogP contribution < -0.4 is 30.1 Å². The topological polar surface area (TPSA) is 221 Å². The average molecular weight is 816 g/mol. The van der Waals surface area contributed by atoms with Crippen LogP contribution in [0, 0.1) is 0 Å². The molecular formula is C36H36F2N5O13P. The molecule has 0 saturated carbocycles. The molecule has 0 aliphatic carbocycles. The number of nitrogens with one attached hydrogen (secondary N) is 2. The second-order valence-corrected chi connectivity index (χ2v) is 14.0. The molecule has 2 aromatic carbocycles. The SMILES string of the molecule is COc1cc(OC)c2oc(COC(=O)Nc3ccn([C@@H]4OC(COP(=O)(N[C@@H](C)C(=O)OCc5ccccc5)Oc5cccnc5)[C@@H](O)C4(F)F)c(=O)n3)cc2c1. The molecule has 1 fully saturated rings. The summed E-state index contributed by atoms with van der Waals surface area (Å²) in [5, 5.41) is 15.8. The Labute approximate surface area is 322 Å². The lowest BCUT2D eigenvalue weighted by atomic mass is 10.1. The number of nitrogens with zero attached hydrogens (tertiary/aromatic N) is 3. The summed E-state index contributed by atoms with van der Waals surface area (Å²) < 4.78 is 88.2. The average Bonchev–Trinajstić information content (AvgIpc) is 3.72. The summed E-state index contributed by atoms with van der Waals surface area (Å²) in [6.45, 7) is -0.0814. The van der Waals surface area contributed by atoms with Gasteiger partial charge in [-0.15, -0.1) is 0 Å². The van der Waals surface area contributed by atoms with E-state index in [-0.39, 0.29) is 30.5 Å². The molecule has 1 aliphatic rings. The standard InChI is InChI=1S/C36H36F2N5O13P/c1-21(32(45)51-18-22-8-5-4-6-9-22)42-57(48,56-24-10-7-12-39-17-24)53-20-28-31(44)36(37,38)33(55-28)43-13-11-29(40-34(43)46)41-35(47)52-19-26-15-23-14-25(49-2)16-27(50-3)30(23)54-26/h4-17,21,28,31,33,44H,18-20H2,1-3H3,(H,42,48)(H,40,41,46,47)/t21-,28?,31+,33+,57?/m0/s1. The van der Waals surface area contributed by atoms with Crippen LogP contribution in [0.1, 0.15) is 24.5 Å². The van der Waals surface area contributed by atoms with Crippen LogP contribution in [0.5, 0.6) is 17.2 Å².